The van der Waals surface area contributed by atoms with Crippen LogP contribution in [0.5, 0.6) is 0 Å². The molecule has 0 aromatic carbocycles. The third kappa shape index (κ3) is 3.80. The number of amides is 1. The van der Waals surface area contributed by atoms with Gasteiger partial charge >= 0.3 is 0 Å². The Kier molecular flexibility index (Phi) is 5.87. The zero-order chi connectivity index (χ0) is 14.7. The first-order chi connectivity index (χ1) is 9.52. The number of carbonyl (C=O) groups is 1. The maximum absolute atomic E-state index is 12.2. The van der Waals surface area contributed by atoms with Crippen LogP contribution in [-0.4, -0.2) is 20.7 Å². The summed E-state index contributed by atoms with van der Waals surface area (Å²) >= 11 is 0. The quantitative estimate of drug-likeness (QED) is 0.896. The molecule has 1 atom stereocenters. The minimum atomic E-state index is -0.141. The molecule has 0 aliphatic heterocycles. The molecule has 2 aromatic rings. The van der Waals surface area contributed by atoms with Crippen molar-refractivity contribution < 1.29 is 4.79 Å². The Morgan fingerprint density at radius 1 is 1.52 bits per heavy atom. The molecule has 0 bridgehead atoms. The number of aromatic nitrogens is 3. The van der Waals surface area contributed by atoms with Crippen molar-refractivity contribution >= 4 is 18.3 Å². The Hall–Kier alpha value is -1.92. The van der Waals surface area contributed by atoms with Crippen LogP contribution in [0.4, 0.5) is 0 Å². The standard InChI is InChI=1S/C14H19N5O.ClH/c1-9(13-8-17-19(3)10(13)2)18-14(20)11-4-5-16-12(6-11)7-15;/h4-6,8-9H,7,15H2,1-3H3,(H,18,20);1H. The smallest absolute Gasteiger partial charge is 0.251 e. The summed E-state index contributed by atoms with van der Waals surface area (Å²) in [6.07, 6.45) is 3.37. The number of carbonyl (C=O) groups excluding carboxylic acids is 1. The third-order valence-electron chi connectivity index (χ3n) is 3.38. The summed E-state index contributed by atoms with van der Waals surface area (Å²) in [6.45, 7) is 4.23. The summed E-state index contributed by atoms with van der Waals surface area (Å²) in [4.78, 5) is 16.3. The maximum Gasteiger partial charge on any atom is 0.251 e. The van der Waals surface area contributed by atoms with Gasteiger partial charge in [0, 0.05) is 36.6 Å². The summed E-state index contributed by atoms with van der Waals surface area (Å²) in [7, 11) is 1.88. The molecule has 1 amide bonds. The number of pyridine rings is 1. The summed E-state index contributed by atoms with van der Waals surface area (Å²) < 4.78 is 1.79. The molecule has 0 saturated carbocycles. The first-order valence-corrected chi connectivity index (χ1v) is 6.47. The van der Waals surface area contributed by atoms with Gasteiger partial charge in [-0.15, -0.1) is 12.4 Å². The fourth-order valence-corrected chi connectivity index (χ4v) is 2.03. The van der Waals surface area contributed by atoms with Crippen LogP contribution in [0.15, 0.2) is 24.5 Å². The van der Waals surface area contributed by atoms with E-state index in [4.69, 9.17) is 5.73 Å². The lowest BCUT2D eigenvalue weighted by molar-refractivity contribution is 0.0939. The van der Waals surface area contributed by atoms with E-state index >= 15 is 0 Å². The Labute approximate surface area is 130 Å². The molecule has 0 spiro atoms. The van der Waals surface area contributed by atoms with Crippen molar-refractivity contribution in [2.45, 2.75) is 26.4 Å². The van der Waals surface area contributed by atoms with E-state index in [0.29, 0.717) is 17.8 Å². The molecule has 6 nitrogen and oxygen atoms in total. The lowest BCUT2D eigenvalue weighted by atomic mass is 10.1. The lowest BCUT2D eigenvalue weighted by Gasteiger charge is -2.14. The van der Waals surface area contributed by atoms with Crippen molar-refractivity contribution in [3.63, 3.8) is 0 Å². The molecule has 0 fully saturated rings. The molecule has 1 unspecified atom stereocenters. The van der Waals surface area contributed by atoms with E-state index in [1.54, 1.807) is 29.2 Å². The van der Waals surface area contributed by atoms with Gasteiger partial charge in [0.1, 0.15) is 0 Å². The van der Waals surface area contributed by atoms with Crippen LogP contribution in [0.25, 0.3) is 0 Å². The average Bonchev–Trinajstić information content (AvgIpc) is 2.79. The molecular formula is C14H20ClN5O. The van der Waals surface area contributed by atoms with E-state index in [2.05, 4.69) is 15.4 Å². The second kappa shape index (κ2) is 7.19. The number of rotatable bonds is 4. The van der Waals surface area contributed by atoms with Gasteiger partial charge in [-0.05, 0) is 26.0 Å². The van der Waals surface area contributed by atoms with Crippen LogP contribution in [0.2, 0.25) is 0 Å². The van der Waals surface area contributed by atoms with E-state index in [9.17, 15) is 4.79 Å². The van der Waals surface area contributed by atoms with E-state index in [1.807, 2.05) is 20.9 Å². The number of hydrogen-bond acceptors (Lipinski definition) is 4. The topological polar surface area (TPSA) is 85.8 Å². The molecule has 114 valence electrons. The minimum Gasteiger partial charge on any atom is -0.345 e. The van der Waals surface area contributed by atoms with Crippen LogP contribution in [-0.2, 0) is 13.6 Å². The third-order valence-corrected chi connectivity index (χ3v) is 3.38. The van der Waals surface area contributed by atoms with Crippen molar-refractivity contribution in [1.29, 1.82) is 0 Å². The number of halogens is 1. The predicted octanol–water partition coefficient (Wildman–Crippen LogP) is 1.50. The molecule has 21 heavy (non-hydrogen) atoms. The molecule has 0 saturated heterocycles. The van der Waals surface area contributed by atoms with Crippen LogP contribution < -0.4 is 11.1 Å². The first kappa shape index (κ1) is 17.1. The molecule has 0 radical (unpaired) electrons. The summed E-state index contributed by atoms with van der Waals surface area (Å²) in [5, 5.41) is 7.14. The summed E-state index contributed by atoms with van der Waals surface area (Å²) in [5.74, 6) is -0.141. The number of aryl methyl sites for hydroxylation is 1. The molecule has 2 rings (SSSR count). The van der Waals surface area contributed by atoms with Gasteiger partial charge in [-0.3, -0.25) is 14.5 Å². The van der Waals surface area contributed by atoms with Crippen molar-refractivity contribution in [2.24, 2.45) is 12.8 Å². The highest BCUT2D eigenvalue weighted by Crippen LogP contribution is 2.16. The Bertz CT molecular complexity index is 626. The van der Waals surface area contributed by atoms with Crippen LogP contribution >= 0.6 is 12.4 Å². The normalized spacial score (nSPS) is 11.6. The second-order valence-electron chi connectivity index (χ2n) is 4.74. The van der Waals surface area contributed by atoms with Gasteiger partial charge in [0.25, 0.3) is 5.91 Å². The molecule has 7 heteroatoms. The monoisotopic (exact) mass is 309 g/mol. The molecule has 0 aliphatic carbocycles. The predicted molar refractivity (Wildman–Crippen MR) is 83.2 cm³/mol. The highest BCUT2D eigenvalue weighted by Gasteiger charge is 2.15. The van der Waals surface area contributed by atoms with Gasteiger partial charge in [0.2, 0.25) is 0 Å². The molecule has 3 N–H and O–H groups in total. The van der Waals surface area contributed by atoms with Crippen molar-refractivity contribution in [2.75, 3.05) is 0 Å². The largest absolute Gasteiger partial charge is 0.345 e. The van der Waals surface area contributed by atoms with Gasteiger partial charge in [0.15, 0.2) is 0 Å². The van der Waals surface area contributed by atoms with Crippen molar-refractivity contribution in [3.8, 4) is 0 Å². The Balaban J connectivity index is 0.00000220. The van der Waals surface area contributed by atoms with Gasteiger partial charge in [-0.25, -0.2) is 0 Å². The highest BCUT2D eigenvalue weighted by molar-refractivity contribution is 5.94. The van der Waals surface area contributed by atoms with Gasteiger partial charge in [-0.1, -0.05) is 0 Å². The molecule has 0 aliphatic rings. The first-order valence-electron chi connectivity index (χ1n) is 6.47. The number of nitrogens with zero attached hydrogens (tertiary/aromatic N) is 3. The van der Waals surface area contributed by atoms with Crippen LogP contribution in [0.3, 0.4) is 0 Å². The van der Waals surface area contributed by atoms with Crippen LogP contribution in [0, 0.1) is 6.92 Å². The van der Waals surface area contributed by atoms with Crippen molar-refractivity contribution in [1.82, 2.24) is 20.1 Å². The SMILES string of the molecule is Cc1c(C(C)NC(=O)c2ccnc(CN)c2)cnn1C.Cl. The Morgan fingerprint density at radius 2 is 2.24 bits per heavy atom. The minimum absolute atomic E-state index is 0. The van der Waals surface area contributed by atoms with Gasteiger partial charge < -0.3 is 11.1 Å². The van der Waals surface area contributed by atoms with Gasteiger partial charge in [0.05, 0.1) is 17.9 Å². The molecular weight excluding hydrogens is 290 g/mol. The Morgan fingerprint density at radius 3 is 2.81 bits per heavy atom. The van der Waals surface area contributed by atoms with Gasteiger partial charge in [-0.2, -0.15) is 5.10 Å². The second-order valence-corrected chi connectivity index (χ2v) is 4.74. The summed E-state index contributed by atoms with van der Waals surface area (Å²) in [6, 6.07) is 3.28. The lowest BCUT2D eigenvalue weighted by Crippen LogP contribution is -2.27. The number of hydrogen-bond donors (Lipinski definition) is 2. The zero-order valence-electron chi connectivity index (χ0n) is 12.3. The summed E-state index contributed by atoms with van der Waals surface area (Å²) in [5.41, 5.74) is 8.83. The van der Waals surface area contributed by atoms with E-state index in [-0.39, 0.29) is 24.4 Å². The fourth-order valence-electron chi connectivity index (χ4n) is 2.03. The zero-order valence-corrected chi connectivity index (χ0v) is 13.1. The van der Waals surface area contributed by atoms with Crippen molar-refractivity contribution in [3.05, 3.63) is 47.0 Å². The van der Waals surface area contributed by atoms with Crippen LogP contribution in [0.1, 0.15) is 40.3 Å². The molecule has 2 aromatic heterocycles. The molecule has 2 heterocycles. The number of nitrogens with two attached hydrogens (primary N) is 1. The number of nitrogens with one attached hydrogen (secondary N) is 1. The van der Waals surface area contributed by atoms with E-state index < -0.39 is 0 Å². The average molecular weight is 310 g/mol. The highest BCUT2D eigenvalue weighted by atomic mass is 35.5. The van der Waals surface area contributed by atoms with E-state index in [1.165, 1.54) is 0 Å². The maximum atomic E-state index is 12.2. The fraction of sp³-hybridized carbons (Fsp3) is 0.357. The van der Waals surface area contributed by atoms with E-state index in [0.717, 1.165) is 11.3 Å².